The fourth-order valence-electron chi connectivity index (χ4n) is 2.67. The third-order valence-corrected chi connectivity index (χ3v) is 4.60. The molecule has 13 nitrogen and oxygen atoms in total. The van der Waals surface area contributed by atoms with Gasteiger partial charge in [0.15, 0.2) is 5.96 Å². The number of aliphatic hydroxyl groups excluding tert-OH is 1. The lowest BCUT2D eigenvalue weighted by molar-refractivity contribution is -0.143. The Hall–Kier alpha value is -2.93. The van der Waals surface area contributed by atoms with Crippen LogP contribution in [0.4, 0.5) is 0 Å². The standard InChI is InChI=1S/C19H37N7O6/c1-9(2)13(16(29)24-12(8-27)18(31)32)26-17(30)14(10(3)4)25-15(28)11(20)6-5-7-23-19(21)22/h9-14,27H,5-8,20H2,1-4H3,(H,24,29)(H,25,28)(H,26,30)(H,31,32)(H4,21,22,23). The van der Waals surface area contributed by atoms with Crippen molar-refractivity contribution in [1.82, 2.24) is 16.0 Å². The second-order valence-corrected chi connectivity index (χ2v) is 8.10. The van der Waals surface area contributed by atoms with Gasteiger partial charge in [-0.2, -0.15) is 0 Å². The minimum absolute atomic E-state index is 0.0584. The van der Waals surface area contributed by atoms with E-state index in [4.69, 9.17) is 27.4 Å². The minimum Gasteiger partial charge on any atom is -0.480 e. The van der Waals surface area contributed by atoms with E-state index in [1.54, 1.807) is 27.7 Å². The molecule has 184 valence electrons. The molecular weight excluding hydrogens is 422 g/mol. The fraction of sp³-hybridized carbons (Fsp3) is 0.737. The number of aliphatic hydroxyl groups is 1. The molecule has 3 amide bonds. The van der Waals surface area contributed by atoms with E-state index in [2.05, 4.69) is 20.9 Å². The van der Waals surface area contributed by atoms with E-state index in [-0.39, 0.29) is 11.9 Å². The summed E-state index contributed by atoms with van der Waals surface area (Å²) in [5.41, 5.74) is 16.4. The van der Waals surface area contributed by atoms with E-state index in [1.807, 2.05) is 0 Å². The number of nitrogens with two attached hydrogens (primary N) is 3. The predicted molar refractivity (Wildman–Crippen MR) is 118 cm³/mol. The maximum absolute atomic E-state index is 12.8. The number of carboxylic acids is 1. The molecule has 0 heterocycles. The molecule has 4 unspecified atom stereocenters. The molecule has 11 N–H and O–H groups in total. The van der Waals surface area contributed by atoms with Gasteiger partial charge in [0, 0.05) is 6.54 Å². The number of nitrogens with one attached hydrogen (secondary N) is 3. The molecule has 0 aliphatic carbocycles. The third kappa shape index (κ3) is 10.4. The molecular formula is C19H37N7O6. The van der Waals surface area contributed by atoms with Crippen molar-refractivity contribution in [2.75, 3.05) is 13.2 Å². The number of carbonyl (C=O) groups is 4. The maximum atomic E-state index is 12.8. The van der Waals surface area contributed by atoms with Crippen molar-refractivity contribution >= 4 is 29.7 Å². The van der Waals surface area contributed by atoms with Crippen molar-refractivity contribution in [2.45, 2.75) is 64.7 Å². The quantitative estimate of drug-likeness (QED) is 0.0760. The summed E-state index contributed by atoms with van der Waals surface area (Å²) in [6, 6.07) is -4.45. The highest BCUT2D eigenvalue weighted by atomic mass is 16.4. The highest BCUT2D eigenvalue weighted by Gasteiger charge is 2.32. The second kappa shape index (κ2) is 14.2. The Kier molecular flexibility index (Phi) is 12.9. The number of carbonyl (C=O) groups excluding carboxylic acids is 3. The molecule has 0 aromatic carbocycles. The highest BCUT2D eigenvalue weighted by molar-refractivity contribution is 5.94. The van der Waals surface area contributed by atoms with E-state index in [9.17, 15) is 19.2 Å². The van der Waals surface area contributed by atoms with Gasteiger partial charge in [-0.05, 0) is 24.7 Å². The normalized spacial score (nSPS) is 14.8. The van der Waals surface area contributed by atoms with Gasteiger partial charge in [-0.15, -0.1) is 0 Å². The number of amides is 3. The lowest BCUT2D eigenvalue weighted by atomic mass is 9.99. The SMILES string of the molecule is CC(C)C(NC(=O)C(N)CCCN=C(N)N)C(=O)NC(C(=O)NC(CO)C(=O)O)C(C)C. The van der Waals surface area contributed by atoms with Crippen LogP contribution in [0.1, 0.15) is 40.5 Å². The van der Waals surface area contributed by atoms with Gasteiger partial charge in [0.2, 0.25) is 17.7 Å². The van der Waals surface area contributed by atoms with Crippen LogP contribution in [0.15, 0.2) is 4.99 Å². The number of aliphatic carboxylic acids is 1. The molecule has 4 atom stereocenters. The van der Waals surface area contributed by atoms with Crippen molar-refractivity contribution in [1.29, 1.82) is 0 Å². The average molecular weight is 460 g/mol. The summed E-state index contributed by atoms with van der Waals surface area (Å²) >= 11 is 0. The zero-order valence-corrected chi connectivity index (χ0v) is 19.0. The van der Waals surface area contributed by atoms with Crippen LogP contribution in [-0.4, -0.2) is 77.2 Å². The number of hydrogen-bond donors (Lipinski definition) is 8. The van der Waals surface area contributed by atoms with Crippen LogP contribution in [0.5, 0.6) is 0 Å². The van der Waals surface area contributed by atoms with Gasteiger partial charge in [-0.1, -0.05) is 27.7 Å². The molecule has 0 saturated heterocycles. The number of nitrogens with zero attached hydrogens (tertiary/aromatic N) is 1. The van der Waals surface area contributed by atoms with E-state index in [0.717, 1.165) is 0 Å². The van der Waals surface area contributed by atoms with Crippen LogP contribution in [0, 0.1) is 11.8 Å². The summed E-state index contributed by atoms with van der Waals surface area (Å²) in [5.74, 6) is -4.11. The first-order valence-electron chi connectivity index (χ1n) is 10.4. The zero-order chi connectivity index (χ0) is 25.0. The highest BCUT2D eigenvalue weighted by Crippen LogP contribution is 2.08. The van der Waals surface area contributed by atoms with E-state index in [1.165, 1.54) is 0 Å². The van der Waals surface area contributed by atoms with E-state index in [0.29, 0.717) is 19.4 Å². The molecule has 0 spiro atoms. The Morgan fingerprint density at radius 2 is 1.34 bits per heavy atom. The lowest BCUT2D eigenvalue weighted by Gasteiger charge is -2.28. The van der Waals surface area contributed by atoms with Crippen molar-refractivity contribution in [3.8, 4) is 0 Å². The average Bonchev–Trinajstić information content (AvgIpc) is 2.69. The summed E-state index contributed by atoms with van der Waals surface area (Å²) < 4.78 is 0. The first-order valence-corrected chi connectivity index (χ1v) is 10.4. The third-order valence-electron chi connectivity index (χ3n) is 4.60. The largest absolute Gasteiger partial charge is 0.480 e. The second-order valence-electron chi connectivity index (χ2n) is 8.10. The number of carboxylic acid groups (broad SMARTS) is 1. The van der Waals surface area contributed by atoms with Crippen molar-refractivity contribution in [3.63, 3.8) is 0 Å². The van der Waals surface area contributed by atoms with E-state index >= 15 is 0 Å². The number of hydrogen-bond acceptors (Lipinski definition) is 7. The van der Waals surface area contributed by atoms with Gasteiger partial charge >= 0.3 is 5.97 Å². The zero-order valence-electron chi connectivity index (χ0n) is 19.0. The van der Waals surface area contributed by atoms with Gasteiger partial charge in [0.05, 0.1) is 12.6 Å². The molecule has 0 aliphatic rings. The Morgan fingerprint density at radius 3 is 1.75 bits per heavy atom. The summed E-state index contributed by atoms with van der Waals surface area (Å²) in [5, 5.41) is 25.4. The van der Waals surface area contributed by atoms with Gasteiger partial charge < -0.3 is 43.4 Å². The molecule has 0 rings (SSSR count). The Labute approximate surface area is 187 Å². The summed E-state index contributed by atoms with van der Waals surface area (Å²) in [4.78, 5) is 52.6. The van der Waals surface area contributed by atoms with Crippen LogP contribution in [0.25, 0.3) is 0 Å². The molecule has 0 radical (unpaired) electrons. The molecule has 0 aliphatic heterocycles. The summed E-state index contributed by atoms with van der Waals surface area (Å²) in [6.07, 6.45) is 0.764. The van der Waals surface area contributed by atoms with Crippen molar-refractivity contribution < 1.29 is 29.4 Å². The van der Waals surface area contributed by atoms with Crippen molar-refractivity contribution in [2.24, 2.45) is 34.0 Å². The summed E-state index contributed by atoms with van der Waals surface area (Å²) in [7, 11) is 0. The van der Waals surface area contributed by atoms with Gasteiger partial charge in [0.25, 0.3) is 0 Å². The molecule has 32 heavy (non-hydrogen) atoms. The Balaban J connectivity index is 5.14. The molecule has 0 aromatic rings. The summed E-state index contributed by atoms with van der Waals surface area (Å²) in [6.45, 7) is 6.26. The van der Waals surface area contributed by atoms with Gasteiger partial charge in [0.1, 0.15) is 18.1 Å². The number of aliphatic imine (C=N–C) groups is 1. The topological polar surface area (TPSA) is 235 Å². The predicted octanol–water partition coefficient (Wildman–Crippen LogP) is -2.79. The molecule has 0 aromatic heterocycles. The van der Waals surface area contributed by atoms with E-state index < -0.39 is 60.4 Å². The maximum Gasteiger partial charge on any atom is 0.328 e. The van der Waals surface area contributed by atoms with Gasteiger partial charge in [-0.3, -0.25) is 19.4 Å². The number of guanidine groups is 1. The molecule has 0 fully saturated rings. The smallest absolute Gasteiger partial charge is 0.328 e. The molecule has 13 heteroatoms. The van der Waals surface area contributed by atoms with Crippen LogP contribution >= 0.6 is 0 Å². The van der Waals surface area contributed by atoms with Crippen LogP contribution in [0.3, 0.4) is 0 Å². The lowest BCUT2D eigenvalue weighted by Crippen LogP contribution is -2.59. The van der Waals surface area contributed by atoms with Crippen LogP contribution < -0.4 is 33.2 Å². The van der Waals surface area contributed by atoms with Crippen LogP contribution in [0.2, 0.25) is 0 Å². The molecule has 0 bridgehead atoms. The Morgan fingerprint density at radius 1 is 0.875 bits per heavy atom. The van der Waals surface area contributed by atoms with Crippen LogP contribution in [-0.2, 0) is 19.2 Å². The van der Waals surface area contributed by atoms with Gasteiger partial charge in [-0.25, -0.2) is 4.79 Å². The Bertz CT molecular complexity index is 679. The number of rotatable bonds is 14. The first-order chi connectivity index (χ1) is 14.8. The minimum atomic E-state index is -1.50. The monoisotopic (exact) mass is 459 g/mol. The fourth-order valence-corrected chi connectivity index (χ4v) is 2.67. The van der Waals surface area contributed by atoms with Crippen molar-refractivity contribution in [3.05, 3.63) is 0 Å². The molecule has 0 saturated carbocycles. The first kappa shape index (κ1) is 29.1.